The average Bonchev–Trinajstić information content (AvgIpc) is 2.45. The van der Waals surface area contributed by atoms with Crippen LogP contribution in [0.4, 0.5) is 0 Å². The number of rotatable bonds is 5. The largest absolute Gasteiger partial charge is 0.369 e. The van der Waals surface area contributed by atoms with Gasteiger partial charge in [-0.1, -0.05) is 30.7 Å². The molecule has 0 radical (unpaired) electrons. The fourth-order valence-electron chi connectivity index (χ4n) is 3.00. The zero-order chi connectivity index (χ0) is 14.5. The van der Waals surface area contributed by atoms with Crippen molar-refractivity contribution in [1.82, 2.24) is 5.32 Å². The van der Waals surface area contributed by atoms with Gasteiger partial charge in [0.15, 0.2) is 0 Å². The summed E-state index contributed by atoms with van der Waals surface area (Å²) in [5.41, 5.74) is 6.61. The average molecular weight is 295 g/mol. The molecule has 2 rings (SSSR count). The van der Waals surface area contributed by atoms with E-state index in [4.69, 9.17) is 17.3 Å². The number of hydrogen-bond donors (Lipinski definition) is 2. The van der Waals surface area contributed by atoms with E-state index in [1.54, 1.807) is 0 Å². The number of halogens is 1. The zero-order valence-corrected chi connectivity index (χ0v) is 12.7. The minimum Gasteiger partial charge on any atom is -0.369 e. The molecule has 110 valence electrons. The van der Waals surface area contributed by atoms with Gasteiger partial charge in [-0.05, 0) is 49.8 Å². The molecule has 1 fully saturated rings. The van der Waals surface area contributed by atoms with Gasteiger partial charge < -0.3 is 11.1 Å². The lowest BCUT2D eigenvalue weighted by atomic mass is 9.85. The lowest BCUT2D eigenvalue weighted by molar-refractivity contribution is -0.122. The van der Waals surface area contributed by atoms with Crippen LogP contribution in [0, 0.1) is 5.92 Å². The molecule has 1 unspecified atom stereocenters. The van der Waals surface area contributed by atoms with Crippen LogP contribution < -0.4 is 11.1 Å². The van der Waals surface area contributed by atoms with Gasteiger partial charge in [-0.15, -0.1) is 0 Å². The van der Waals surface area contributed by atoms with Crippen LogP contribution in [0.15, 0.2) is 24.3 Å². The van der Waals surface area contributed by atoms with Crippen molar-refractivity contribution in [3.8, 4) is 0 Å². The van der Waals surface area contributed by atoms with Crippen molar-refractivity contribution in [2.24, 2.45) is 11.7 Å². The van der Waals surface area contributed by atoms with E-state index in [0.717, 1.165) is 37.1 Å². The van der Waals surface area contributed by atoms with E-state index in [1.165, 1.54) is 5.56 Å². The number of carbonyl (C=O) groups excluding carboxylic acids is 1. The topological polar surface area (TPSA) is 55.1 Å². The third-order valence-electron chi connectivity index (χ3n) is 4.23. The van der Waals surface area contributed by atoms with Gasteiger partial charge in [0, 0.05) is 23.0 Å². The first-order chi connectivity index (χ1) is 9.60. The third kappa shape index (κ3) is 3.97. The maximum Gasteiger partial charge on any atom is 0.220 e. The zero-order valence-electron chi connectivity index (χ0n) is 11.9. The Hall–Kier alpha value is -1.06. The molecule has 1 aliphatic rings. The van der Waals surface area contributed by atoms with Gasteiger partial charge in [-0.3, -0.25) is 4.79 Å². The van der Waals surface area contributed by atoms with Crippen LogP contribution in [0.5, 0.6) is 0 Å². The number of benzene rings is 1. The van der Waals surface area contributed by atoms with Gasteiger partial charge in [0.05, 0.1) is 0 Å². The maximum atomic E-state index is 11.2. The fourth-order valence-corrected chi connectivity index (χ4v) is 3.20. The Morgan fingerprint density at radius 3 is 2.65 bits per heavy atom. The number of hydrogen-bond acceptors (Lipinski definition) is 2. The van der Waals surface area contributed by atoms with Gasteiger partial charge >= 0.3 is 0 Å². The van der Waals surface area contributed by atoms with E-state index in [0.29, 0.717) is 12.1 Å². The van der Waals surface area contributed by atoms with Crippen molar-refractivity contribution in [2.75, 3.05) is 0 Å². The van der Waals surface area contributed by atoms with E-state index in [-0.39, 0.29) is 11.8 Å². The van der Waals surface area contributed by atoms with E-state index in [2.05, 4.69) is 18.3 Å². The van der Waals surface area contributed by atoms with Crippen LogP contribution in [-0.2, 0) is 4.79 Å². The van der Waals surface area contributed by atoms with E-state index in [1.807, 2.05) is 18.2 Å². The molecule has 4 heteroatoms. The summed E-state index contributed by atoms with van der Waals surface area (Å²) in [6.07, 6.45) is 4.86. The molecule has 1 aromatic carbocycles. The molecule has 1 atom stereocenters. The molecule has 3 N–H and O–H groups in total. The van der Waals surface area contributed by atoms with E-state index >= 15 is 0 Å². The Labute approximate surface area is 125 Å². The Bertz CT molecular complexity index is 456. The van der Waals surface area contributed by atoms with Gasteiger partial charge in [-0.25, -0.2) is 0 Å². The first-order valence-corrected chi connectivity index (χ1v) is 7.78. The number of amides is 1. The smallest absolute Gasteiger partial charge is 0.220 e. The molecule has 20 heavy (non-hydrogen) atoms. The Balaban J connectivity index is 1.93. The lowest BCUT2D eigenvalue weighted by Gasteiger charge is -2.31. The van der Waals surface area contributed by atoms with Crippen LogP contribution >= 0.6 is 11.6 Å². The molecule has 1 amide bonds. The number of primary amides is 1. The summed E-state index contributed by atoms with van der Waals surface area (Å²) in [5.74, 6) is -0.0790. The minimum atomic E-state index is -0.148. The number of carbonyl (C=O) groups is 1. The summed E-state index contributed by atoms with van der Waals surface area (Å²) in [6, 6.07) is 8.82. The summed E-state index contributed by atoms with van der Waals surface area (Å²) >= 11 is 6.06. The van der Waals surface area contributed by atoms with Crippen molar-refractivity contribution < 1.29 is 4.79 Å². The molecule has 0 bridgehead atoms. The fraction of sp³-hybridized carbons (Fsp3) is 0.562. The lowest BCUT2D eigenvalue weighted by Crippen LogP contribution is -2.38. The van der Waals surface area contributed by atoms with Gasteiger partial charge in [0.25, 0.3) is 0 Å². The molecule has 1 aliphatic carbocycles. The first-order valence-electron chi connectivity index (χ1n) is 7.41. The summed E-state index contributed by atoms with van der Waals surface area (Å²) in [6.45, 7) is 2.17. The number of nitrogens with one attached hydrogen (secondary N) is 1. The third-order valence-corrected chi connectivity index (χ3v) is 4.46. The monoisotopic (exact) mass is 294 g/mol. The van der Waals surface area contributed by atoms with Crippen LogP contribution in [0.25, 0.3) is 0 Å². The highest BCUT2D eigenvalue weighted by molar-refractivity contribution is 6.30. The molecule has 0 aromatic heterocycles. The van der Waals surface area contributed by atoms with Crippen LogP contribution in [0.3, 0.4) is 0 Å². The Morgan fingerprint density at radius 2 is 2.10 bits per heavy atom. The van der Waals surface area contributed by atoms with Crippen LogP contribution in [-0.4, -0.2) is 11.9 Å². The van der Waals surface area contributed by atoms with Gasteiger partial charge in [0.2, 0.25) is 5.91 Å². The number of nitrogens with two attached hydrogens (primary N) is 1. The van der Waals surface area contributed by atoms with Crippen LogP contribution in [0.1, 0.15) is 50.6 Å². The van der Waals surface area contributed by atoms with Crippen molar-refractivity contribution >= 4 is 17.5 Å². The van der Waals surface area contributed by atoms with E-state index < -0.39 is 0 Å². The van der Waals surface area contributed by atoms with Crippen molar-refractivity contribution in [3.63, 3.8) is 0 Å². The van der Waals surface area contributed by atoms with Crippen molar-refractivity contribution in [1.29, 1.82) is 0 Å². The normalized spacial score (nSPS) is 24.3. The molecule has 3 nitrogen and oxygen atoms in total. The predicted octanol–water partition coefficient (Wildman–Crippen LogP) is 3.42. The van der Waals surface area contributed by atoms with Crippen molar-refractivity contribution in [3.05, 3.63) is 34.9 Å². The molecular weight excluding hydrogens is 272 g/mol. The quantitative estimate of drug-likeness (QED) is 0.874. The second-order valence-corrected chi connectivity index (χ2v) is 6.07. The SMILES string of the molecule is CCC(NC1CCC(C(N)=O)CC1)c1cccc(Cl)c1. The summed E-state index contributed by atoms with van der Waals surface area (Å²) < 4.78 is 0. The minimum absolute atomic E-state index is 0.0688. The molecule has 0 saturated heterocycles. The molecule has 0 spiro atoms. The second kappa shape index (κ2) is 7.09. The van der Waals surface area contributed by atoms with Crippen molar-refractivity contribution in [2.45, 2.75) is 51.1 Å². The highest BCUT2D eigenvalue weighted by Gasteiger charge is 2.26. The molecule has 1 saturated carbocycles. The second-order valence-electron chi connectivity index (χ2n) is 5.63. The van der Waals surface area contributed by atoms with E-state index in [9.17, 15) is 4.79 Å². The molecule has 1 aromatic rings. The standard InChI is InChI=1S/C16H23ClN2O/c1-2-15(12-4-3-5-13(17)10-12)19-14-8-6-11(7-9-14)16(18)20/h3-5,10-11,14-15,19H,2,6-9H2,1H3,(H2,18,20). The van der Waals surface area contributed by atoms with Crippen LogP contribution in [0.2, 0.25) is 5.02 Å². The predicted molar refractivity (Wildman–Crippen MR) is 82.6 cm³/mol. The highest BCUT2D eigenvalue weighted by Crippen LogP contribution is 2.27. The summed E-state index contributed by atoms with van der Waals surface area (Å²) in [7, 11) is 0. The van der Waals surface area contributed by atoms with Gasteiger partial charge in [-0.2, -0.15) is 0 Å². The Kier molecular flexibility index (Phi) is 5.44. The first kappa shape index (κ1) is 15.3. The maximum absolute atomic E-state index is 11.2. The summed E-state index contributed by atoms with van der Waals surface area (Å²) in [4.78, 5) is 11.2. The highest BCUT2D eigenvalue weighted by atomic mass is 35.5. The van der Waals surface area contributed by atoms with Gasteiger partial charge in [0.1, 0.15) is 0 Å². The molecular formula is C16H23ClN2O. The summed E-state index contributed by atoms with van der Waals surface area (Å²) in [5, 5.41) is 4.48. The molecule has 0 aliphatic heterocycles. The molecule has 0 heterocycles. The Morgan fingerprint density at radius 1 is 1.40 bits per heavy atom.